The highest BCUT2D eigenvalue weighted by atomic mass is 32.2. The zero-order valence-electron chi connectivity index (χ0n) is 16.6. The largest absolute Gasteiger partial charge is 0.497 e. The number of amides is 1. The van der Waals surface area contributed by atoms with E-state index >= 15 is 0 Å². The molecule has 2 aromatic carbocycles. The van der Waals surface area contributed by atoms with Crippen LogP contribution in [0.3, 0.4) is 0 Å². The number of nitrogens with one attached hydrogen (secondary N) is 1. The molecule has 1 amide bonds. The van der Waals surface area contributed by atoms with Crippen molar-refractivity contribution in [1.82, 2.24) is 20.2 Å². The smallest absolute Gasteiger partial charge is 0.250 e. The molecule has 0 atom stereocenters. The lowest BCUT2D eigenvalue weighted by Crippen LogP contribution is -2.20. The van der Waals surface area contributed by atoms with Gasteiger partial charge in [0, 0.05) is 12.1 Å². The summed E-state index contributed by atoms with van der Waals surface area (Å²) in [6, 6.07) is 15.6. The maximum Gasteiger partial charge on any atom is 0.250 e. The second-order valence-corrected chi connectivity index (χ2v) is 7.22. The van der Waals surface area contributed by atoms with Gasteiger partial charge in [-0.05, 0) is 31.5 Å². The van der Waals surface area contributed by atoms with Gasteiger partial charge in [0.15, 0.2) is 11.0 Å². The summed E-state index contributed by atoms with van der Waals surface area (Å²) in [6.07, 6.45) is 1.58. The minimum absolute atomic E-state index is 0.196. The lowest BCUT2D eigenvalue weighted by molar-refractivity contribution is -0.118. The Kier molecular flexibility index (Phi) is 7.02. The number of hydrogen-bond donors (Lipinski definition) is 1. The van der Waals surface area contributed by atoms with Gasteiger partial charge in [-0.25, -0.2) is 5.43 Å². The van der Waals surface area contributed by atoms with E-state index in [9.17, 15) is 4.79 Å². The van der Waals surface area contributed by atoms with Crippen molar-refractivity contribution in [3.63, 3.8) is 0 Å². The number of thioether (sulfide) groups is 1. The lowest BCUT2D eigenvalue weighted by Gasteiger charge is -2.07. The highest BCUT2D eigenvalue weighted by Gasteiger charge is 2.14. The number of hydrazone groups is 1. The molecule has 3 rings (SSSR count). The van der Waals surface area contributed by atoms with Crippen LogP contribution in [0.4, 0.5) is 0 Å². The molecule has 0 saturated carbocycles. The second kappa shape index (κ2) is 9.88. The highest BCUT2D eigenvalue weighted by molar-refractivity contribution is 7.99. The molecular weight excluding hydrogens is 386 g/mol. The molecule has 1 aromatic heterocycles. The third kappa shape index (κ3) is 5.45. The van der Waals surface area contributed by atoms with Crippen LogP contribution in [0.15, 0.2) is 58.8 Å². The van der Waals surface area contributed by atoms with Crippen molar-refractivity contribution in [2.45, 2.75) is 25.5 Å². The van der Waals surface area contributed by atoms with E-state index in [0.29, 0.717) is 11.7 Å². The van der Waals surface area contributed by atoms with E-state index in [1.807, 2.05) is 66.9 Å². The third-order valence-corrected chi connectivity index (χ3v) is 5.14. The molecule has 1 N–H and O–H groups in total. The number of nitrogens with zero attached hydrogens (tertiary/aromatic N) is 4. The monoisotopic (exact) mass is 409 g/mol. The van der Waals surface area contributed by atoms with Crippen molar-refractivity contribution in [3.05, 3.63) is 59.7 Å². The van der Waals surface area contributed by atoms with Crippen LogP contribution in [-0.2, 0) is 11.3 Å². The Morgan fingerprint density at radius 2 is 2.03 bits per heavy atom. The fraction of sp³-hybridized carbons (Fsp3) is 0.238. The Morgan fingerprint density at radius 3 is 2.76 bits per heavy atom. The van der Waals surface area contributed by atoms with E-state index in [1.165, 1.54) is 17.3 Å². The van der Waals surface area contributed by atoms with Gasteiger partial charge in [-0.3, -0.25) is 4.79 Å². The molecule has 8 heteroatoms. The van der Waals surface area contributed by atoms with Gasteiger partial charge >= 0.3 is 0 Å². The lowest BCUT2D eigenvalue weighted by atomic mass is 10.1. The summed E-state index contributed by atoms with van der Waals surface area (Å²) in [5, 5.41) is 13.3. The molecule has 0 saturated heterocycles. The molecule has 150 valence electrons. The summed E-state index contributed by atoms with van der Waals surface area (Å²) >= 11 is 1.33. The topological polar surface area (TPSA) is 81.4 Å². The van der Waals surface area contributed by atoms with Crippen molar-refractivity contribution in [2.75, 3.05) is 12.9 Å². The molecular formula is C21H23N5O2S. The molecule has 0 aliphatic rings. The third-order valence-electron chi connectivity index (χ3n) is 4.17. The van der Waals surface area contributed by atoms with E-state index in [4.69, 9.17) is 4.74 Å². The summed E-state index contributed by atoms with van der Waals surface area (Å²) in [6.45, 7) is 4.79. The summed E-state index contributed by atoms with van der Waals surface area (Å²) in [4.78, 5) is 12.1. The first kappa shape index (κ1) is 20.6. The Hall–Kier alpha value is -3.13. The van der Waals surface area contributed by atoms with Crippen LogP contribution in [0.25, 0.3) is 11.4 Å². The number of ether oxygens (including phenoxy) is 1. The van der Waals surface area contributed by atoms with Crippen molar-refractivity contribution in [1.29, 1.82) is 0 Å². The summed E-state index contributed by atoms with van der Waals surface area (Å²) in [5.74, 6) is 1.52. The van der Waals surface area contributed by atoms with Gasteiger partial charge in [0.25, 0.3) is 5.91 Å². The number of methoxy groups -OCH3 is 1. The number of aryl methyl sites for hydroxylation is 1. The Bertz CT molecular complexity index is 999. The number of rotatable bonds is 8. The number of carbonyl (C=O) groups is 1. The van der Waals surface area contributed by atoms with Gasteiger partial charge in [0.2, 0.25) is 0 Å². The van der Waals surface area contributed by atoms with Gasteiger partial charge in [-0.15, -0.1) is 10.2 Å². The van der Waals surface area contributed by atoms with Crippen LogP contribution >= 0.6 is 11.8 Å². The highest BCUT2D eigenvalue weighted by Crippen LogP contribution is 2.24. The quantitative estimate of drug-likeness (QED) is 0.350. The molecule has 0 bridgehead atoms. The minimum atomic E-state index is -0.211. The zero-order chi connectivity index (χ0) is 20.6. The minimum Gasteiger partial charge on any atom is -0.497 e. The number of carbonyl (C=O) groups excluding carboxylic acids is 1. The van der Waals surface area contributed by atoms with Crippen LogP contribution in [-0.4, -0.2) is 39.7 Å². The predicted molar refractivity (Wildman–Crippen MR) is 115 cm³/mol. The van der Waals surface area contributed by atoms with Crippen molar-refractivity contribution in [2.24, 2.45) is 5.10 Å². The van der Waals surface area contributed by atoms with Gasteiger partial charge in [-0.2, -0.15) is 5.10 Å². The second-order valence-electron chi connectivity index (χ2n) is 6.27. The first-order chi connectivity index (χ1) is 14.1. The predicted octanol–water partition coefficient (Wildman–Crippen LogP) is 3.52. The van der Waals surface area contributed by atoms with E-state index in [0.717, 1.165) is 22.7 Å². The first-order valence-corrected chi connectivity index (χ1v) is 10.2. The Labute approximate surface area is 174 Å². The molecule has 1 heterocycles. The SMILES string of the molecule is CCn1c(SCC(=O)N/N=C/c2cccc(OC)c2)nnc1-c1ccc(C)cc1. The van der Waals surface area contributed by atoms with Crippen LogP contribution in [0.5, 0.6) is 5.75 Å². The summed E-state index contributed by atoms with van der Waals surface area (Å²) in [5.41, 5.74) is 5.57. The maximum atomic E-state index is 12.1. The summed E-state index contributed by atoms with van der Waals surface area (Å²) in [7, 11) is 1.61. The molecule has 0 radical (unpaired) electrons. The van der Waals surface area contributed by atoms with Gasteiger partial charge < -0.3 is 9.30 Å². The zero-order valence-corrected chi connectivity index (χ0v) is 17.4. The van der Waals surface area contributed by atoms with E-state index in [1.54, 1.807) is 13.3 Å². The Balaban J connectivity index is 1.58. The molecule has 29 heavy (non-hydrogen) atoms. The Morgan fingerprint density at radius 1 is 1.24 bits per heavy atom. The molecule has 0 aliphatic heterocycles. The average Bonchev–Trinajstić information content (AvgIpc) is 3.16. The van der Waals surface area contributed by atoms with Crippen LogP contribution in [0.1, 0.15) is 18.1 Å². The van der Waals surface area contributed by atoms with Gasteiger partial charge in [0.1, 0.15) is 5.75 Å². The molecule has 7 nitrogen and oxygen atoms in total. The van der Waals surface area contributed by atoms with Crippen LogP contribution < -0.4 is 10.2 Å². The number of aromatic nitrogens is 3. The van der Waals surface area contributed by atoms with Crippen molar-refractivity contribution in [3.8, 4) is 17.1 Å². The van der Waals surface area contributed by atoms with Gasteiger partial charge in [-0.1, -0.05) is 53.7 Å². The molecule has 0 fully saturated rings. The fourth-order valence-corrected chi connectivity index (χ4v) is 3.45. The van der Waals surface area contributed by atoms with E-state index < -0.39 is 0 Å². The van der Waals surface area contributed by atoms with E-state index in [-0.39, 0.29) is 11.7 Å². The number of benzene rings is 2. The first-order valence-electron chi connectivity index (χ1n) is 9.19. The molecule has 3 aromatic rings. The standard InChI is InChI=1S/C21H23N5O2S/c1-4-26-20(17-10-8-15(2)9-11-17)24-25-21(26)29-14-19(27)23-22-13-16-6-5-7-18(12-16)28-3/h5-13H,4,14H2,1-3H3,(H,23,27)/b22-13+. The molecule has 0 aliphatic carbocycles. The van der Waals surface area contributed by atoms with Crippen LogP contribution in [0, 0.1) is 6.92 Å². The van der Waals surface area contributed by atoms with Crippen molar-refractivity contribution >= 4 is 23.9 Å². The normalized spacial score (nSPS) is 11.0. The number of hydrogen-bond acceptors (Lipinski definition) is 6. The molecule has 0 unspecified atom stereocenters. The average molecular weight is 410 g/mol. The van der Waals surface area contributed by atoms with Gasteiger partial charge in [0.05, 0.1) is 19.1 Å². The summed E-state index contributed by atoms with van der Waals surface area (Å²) < 4.78 is 7.17. The maximum absolute atomic E-state index is 12.1. The van der Waals surface area contributed by atoms with E-state index in [2.05, 4.69) is 20.7 Å². The van der Waals surface area contributed by atoms with Crippen LogP contribution in [0.2, 0.25) is 0 Å². The fourth-order valence-electron chi connectivity index (χ4n) is 2.66. The molecule has 0 spiro atoms. The van der Waals surface area contributed by atoms with Crippen molar-refractivity contribution < 1.29 is 9.53 Å².